The van der Waals surface area contributed by atoms with E-state index >= 15 is 0 Å². The van der Waals surface area contributed by atoms with E-state index in [1.54, 1.807) is 4.68 Å². The van der Waals surface area contributed by atoms with Crippen LogP contribution in [0.3, 0.4) is 0 Å². The lowest BCUT2D eigenvalue weighted by Gasteiger charge is -2.10. The highest BCUT2D eigenvalue weighted by molar-refractivity contribution is 6.30. The first-order chi connectivity index (χ1) is 9.52. The molecular formula is C14H16ClN3O2. The summed E-state index contributed by atoms with van der Waals surface area (Å²) in [7, 11) is 1.34. The van der Waals surface area contributed by atoms with Gasteiger partial charge in [-0.1, -0.05) is 42.8 Å². The number of hydrogen-bond donors (Lipinski definition) is 0. The summed E-state index contributed by atoms with van der Waals surface area (Å²) < 4.78 is 6.46. The molecule has 2 aromatic rings. The maximum Gasteiger partial charge on any atom is 0.360 e. The van der Waals surface area contributed by atoms with Crippen LogP contribution in [0.5, 0.6) is 0 Å². The van der Waals surface area contributed by atoms with Crippen molar-refractivity contribution < 1.29 is 9.53 Å². The highest BCUT2D eigenvalue weighted by atomic mass is 35.5. The maximum absolute atomic E-state index is 11.7. The molecule has 0 aliphatic rings. The molecule has 0 aliphatic carbocycles. The fraction of sp³-hybridized carbons (Fsp3) is 0.357. The summed E-state index contributed by atoms with van der Waals surface area (Å²) in [4.78, 5) is 11.7. The molecule has 1 heterocycles. The van der Waals surface area contributed by atoms with Gasteiger partial charge in [0.1, 0.15) is 0 Å². The fourth-order valence-electron chi connectivity index (χ4n) is 2.01. The molecule has 0 saturated heterocycles. The number of esters is 1. The lowest BCUT2D eigenvalue weighted by atomic mass is 10.1. The molecule has 0 fully saturated rings. The normalized spacial score (nSPS) is 10.8. The maximum atomic E-state index is 11.7. The van der Waals surface area contributed by atoms with Crippen molar-refractivity contribution >= 4 is 17.6 Å². The summed E-state index contributed by atoms with van der Waals surface area (Å²) in [6.45, 7) is 4.52. The molecule has 2 rings (SSSR count). The van der Waals surface area contributed by atoms with Gasteiger partial charge < -0.3 is 4.74 Å². The minimum absolute atomic E-state index is 0.117. The summed E-state index contributed by atoms with van der Waals surface area (Å²) >= 11 is 5.86. The second-order valence-electron chi connectivity index (χ2n) is 4.75. The zero-order valence-corrected chi connectivity index (χ0v) is 12.4. The van der Waals surface area contributed by atoms with Gasteiger partial charge in [0, 0.05) is 5.02 Å². The average Bonchev–Trinajstić information content (AvgIpc) is 2.84. The SMILES string of the molecule is COC(=O)c1nnn(Cc2ccc(Cl)cc2)c1C(C)C. The monoisotopic (exact) mass is 293 g/mol. The summed E-state index contributed by atoms with van der Waals surface area (Å²) in [5.74, 6) is -0.345. The van der Waals surface area contributed by atoms with Crippen LogP contribution in [0.2, 0.25) is 5.02 Å². The van der Waals surface area contributed by atoms with Gasteiger partial charge in [-0.2, -0.15) is 0 Å². The Balaban J connectivity index is 2.34. The number of methoxy groups -OCH3 is 1. The molecule has 0 bridgehead atoms. The number of rotatable bonds is 4. The molecule has 0 amide bonds. The Morgan fingerprint density at radius 2 is 2.00 bits per heavy atom. The van der Waals surface area contributed by atoms with E-state index in [0.29, 0.717) is 11.6 Å². The molecule has 1 aromatic carbocycles. The number of ether oxygens (including phenoxy) is 1. The Hall–Kier alpha value is -1.88. The smallest absolute Gasteiger partial charge is 0.360 e. The quantitative estimate of drug-likeness (QED) is 0.813. The number of carbonyl (C=O) groups is 1. The van der Waals surface area contributed by atoms with Crippen molar-refractivity contribution in [2.24, 2.45) is 0 Å². The van der Waals surface area contributed by atoms with Crippen LogP contribution in [0, 0.1) is 0 Å². The fourth-order valence-corrected chi connectivity index (χ4v) is 2.14. The van der Waals surface area contributed by atoms with Crippen molar-refractivity contribution in [1.82, 2.24) is 15.0 Å². The lowest BCUT2D eigenvalue weighted by molar-refractivity contribution is 0.0592. The van der Waals surface area contributed by atoms with E-state index in [1.807, 2.05) is 38.1 Å². The number of halogens is 1. The third-order valence-corrected chi connectivity index (χ3v) is 3.20. The van der Waals surface area contributed by atoms with Crippen LogP contribution in [-0.4, -0.2) is 28.1 Å². The van der Waals surface area contributed by atoms with Crippen molar-refractivity contribution in [1.29, 1.82) is 0 Å². The van der Waals surface area contributed by atoms with Crippen LogP contribution in [0.1, 0.15) is 41.5 Å². The number of hydrogen-bond acceptors (Lipinski definition) is 4. The first-order valence-electron chi connectivity index (χ1n) is 6.29. The third kappa shape index (κ3) is 2.99. The van der Waals surface area contributed by atoms with E-state index in [-0.39, 0.29) is 11.6 Å². The largest absolute Gasteiger partial charge is 0.464 e. The van der Waals surface area contributed by atoms with Crippen molar-refractivity contribution in [3.8, 4) is 0 Å². The molecule has 6 heteroatoms. The minimum Gasteiger partial charge on any atom is -0.464 e. The predicted octanol–water partition coefficient (Wildman–Crippen LogP) is 2.89. The molecule has 0 N–H and O–H groups in total. The van der Waals surface area contributed by atoms with E-state index in [0.717, 1.165) is 11.3 Å². The number of benzene rings is 1. The summed E-state index contributed by atoms with van der Waals surface area (Å²) in [6.07, 6.45) is 0. The standard InChI is InChI=1S/C14H16ClN3O2/c1-9(2)13-12(14(19)20-3)16-17-18(13)8-10-4-6-11(15)7-5-10/h4-7,9H,8H2,1-3H3. The third-order valence-electron chi connectivity index (χ3n) is 2.94. The molecule has 0 unspecified atom stereocenters. The molecule has 5 nitrogen and oxygen atoms in total. The Kier molecular flexibility index (Phi) is 4.39. The molecule has 0 radical (unpaired) electrons. The molecule has 1 aromatic heterocycles. The molecular weight excluding hydrogens is 278 g/mol. The molecule has 0 spiro atoms. The second-order valence-corrected chi connectivity index (χ2v) is 5.19. The number of aromatic nitrogens is 3. The summed E-state index contributed by atoms with van der Waals surface area (Å²) in [5, 5.41) is 8.68. The lowest BCUT2D eigenvalue weighted by Crippen LogP contribution is -2.11. The molecule has 106 valence electrons. The van der Waals surface area contributed by atoms with E-state index < -0.39 is 5.97 Å². The van der Waals surface area contributed by atoms with Gasteiger partial charge in [0.25, 0.3) is 0 Å². The van der Waals surface area contributed by atoms with Crippen molar-refractivity contribution in [3.05, 3.63) is 46.2 Å². The topological polar surface area (TPSA) is 57.0 Å². The Morgan fingerprint density at radius 3 is 2.55 bits per heavy atom. The molecule has 0 aliphatic heterocycles. The van der Waals surface area contributed by atoms with Crippen LogP contribution in [0.15, 0.2) is 24.3 Å². The minimum atomic E-state index is -0.462. The Bertz CT molecular complexity index is 605. The molecule has 20 heavy (non-hydrogen) atoms. The highest BCUT2D eigenvalue weighted by Crippen LogP contribution is 2.20. The van der Waals surface area contributed by atoms with E-state index in [9.17, 15) is 4.79 Å². The van der Waals surface area contributed by atoms with Crippen molar-refractivity contribution in [2.45, 2.75) is 26.3 Å². The van der Waals surface area contributed by atoms with Crippen LogP contribution in [-0.2, 0) is 11.3 Å². The molecule has 0 saturated carbocycles. The van der Waals surface area contributed by atoms with Crippen LogP contribution >= 0.6 is 11.6 Å². The van der Waals surface area contributed by atoms with Gasteiger partial charge in [-0.3, -0.25) is 0 Å². The summed E-state index contributed by atoms with van der Waals surface area (Å²) in [6, 6.07) is 7.49. The van der Waals surface area contributed by atoms with E-state index in [2.05, 4.69) is 10.3 Å². The first kappa shape index (κ1) is 14.5. The van der Waals surface area contributed by atoms with Crippen LogP contribution in [0.4, 0.5) is 0 Å². The number of carbonyl (C=O) groups excluding carboxylic acids is 1. The summed E-state index contributed by atoms with van der Waals surface area (Å²) in [5.41, 5.74) is 2.08. The van der Waals surface area contributed by atoms with Crippen molar-refractivity contribution in [3.63, 3.8) is 0 Å². The predicted molar refractivity (Wildman–Crippen MR) is 76.0 cm³/mol. The van der Waals surface area contributed by atoms with Gasteiger partial charge in [0.05, 0.1) is 19.3 Å². The van der Waals surface area contributed by atoms with E-state index in [4.69, 9.17) is 16.3 Å². The van der Waals surface area contributed by atoms with Gasteiger partial charge >= 0.3 is 5.97 Å². The van der Waals surface area contributed by atoms with Gasteiger partial charge in [-0.15, -0.1) is 5.10 Å². The second kappa shape index (κ2) is 6.05. The van der Waals surface area contributed by atoms with Gasteiger partial charge in [0.2, 0.25) is 0 Å². The van der Waals surface area contributed by atoms with Gasteiger partial charge in [-0.25, -0.2) is 9.48 Å². The zero-order valence-electron chi connectivity index (χ0n) is 11.6. The first-order valence-corrected chi connectivity index (χ1v) is 6.67. The molecule has 0 atom stereocenters. The van der Waals surface area contributed by atoms with E-state index in [1.165, 1.54) is 7.11 Å². The Morgan fingerprint density at radius 1 is 1.35 bits per heavy atom. The van der Waals surface area contributed by atoms with Gasteiger partial charge in [0.15, 0.2) is 5.69 Å². The van der Waals surface area contributed by atoms with Gasteiger partial charge in [-0.05, 0) is 23.6 Å². The van der Waals surface area contributed by atoms with Crippen LogP contribution < -0.4 is 0 Å². The average molecular weight is 294 g/mol. The van der Waals surface area contributed by atoms with Crippen LogP contribution in [0.25, 0.3) is 0 Å². The van der Waals surface area contributed by atoms with Crippen molar-refractivity contribution in [2.75, 3.05) is 7.11 Å². The zero-order chi connectivity index (χ0) is 14.7. The Labute approximate surface area is 122 Å². The highest BCUT2D eigenvalue weighted by Gasteiger charge is 2.22. The number of nitrogens with zero attached hydrogens (tertiary/aromatic N) is 3.